The summed E-state index contributed by atoms with van der Waals surface area (Å²) in [5, 5.41) is 0. The highest BCUT2D eigenvalue weighted by atomic mass is 19.1. The molecule has 9 heteroatoms. The predicted octanol–water partition coefficient (Wildman–Crippen LogP) is 5.63. The zero-order chi connectivity index (χ0) is 26.6. The van der Waals surface area contributed by atoms with E-state index in [-0.39, 0.29) is 23.3 Å². The lowest BCUT2D eigenvalue weighted by atomic mass is 10.1. The number of hydrogen-bond acceptors (Lipinski definition) is 6. The summed E-state index contributed by atoms with van der Waals surface area (Å²) >= 11 is 0. The van der Waals surface area contributed by atoms with E-state index in [1.165, 1.54) is 19.3 Å². The van der Waals surface area contributed by atoms with E-state index in [1.807, 2.05) is 23.5 Å². The van der Waals surface area contributed by atoms with Crippen LogP contribution in [0.5, 0.6) is 23.1 Å². The third-order valence-electron chi connectivity index (χ3n) is 6.54. The van der Waals surface area contributed by atoms with Crippen molar-refractivity contribution in [2.45, 2.75) is 25.7 Å². The number of imidazole rings is 1. The number of fused-ring (bicyclic) bond motifs is 1. The smallest absolute Gasteiger partial charge is 0.245 e. The van der Waals surface area contributed by atoms with E-state index in [0.717, 1.165) is 35.4 Å². The molecular formula is C29H29FN4O4. The van der Waals surface area contributed by atoms with Crippen molar-refractivity contribution in [2.24, 2.45) is 0 Å². The van der Waals surface area contributed by atoms with Crippen molar-refractivity contribution >= 4 is 11.4 Å². The Morgan fingerprint density at radius 1 is 1.18 bits per heavy atom. The average molecular weight is 517 g/mol. The number of rotatable bonds is 9. The molecule has 1 aliphatic rings. The fourth-order valence-electron chi connectivity index (χ4n) is 4.66. The molecule has 0 saturated carbocycles. The second-order valence-corrected chi connectivity index (χ2v) is 9.01. The van der Waals surface area contributed by atoms with E-state index >= 15 is 0 Å². The molecule has 4 aromatic rings. The van der Waals surface area contributed by atoms with E-state index in [1.54, 1.807) is 41.6 Å². The first-order chi connectivity index (χ1) is 18.5. The Hall–Kier alpha value is -4.40. The van der Waals surface area contributed by atoms with Crippen LogP contribution in [0.2, 0.25) is 0 Å². The molecule has 1 saturated heterocycles. The normalized spacial score (nSPS) is 15.0. The van der Waals surface area contributed by atoms with Crippen LogP contribution in [0.25, 0.3) is 16.8 Å². The van der Waals surface area contributed by atoms with Crippen LogP contribution in [-0.4, -0.2) is 52.0 Å². The minimum Gasteiger partial charge on any atom is -0.494 e. The molecule has 2 aromatic carbocycles. The highest BCUT2D eigenvalue weighted by Crippen LogP contribution is 2.36. The Kier molecular flexibility index (Phi) is 7.26. The number of ether oxygens (including phenoxy) is 3. The summed E-state index contributed by atoms with van der Waals surface area (Å²) in [4.78, 5) is 23.4. The molecule has 5 rings (SSSR count). The van der Waals surface area contributed by atoms with E-state index in [2.05, 4.69) is 11.6 Å². The van der Waals surface area contributed by atoms with Gasteiger partial charge in [0.1, 0.15) is 11.6 Å². The molecule has 1 amide bonds. The highest BCUT2D eigenvalue weighted by molar-refractivity contribution is 5.87. The summed E-state index contributed by atoms with van der Waals surface area (Å²) in [6.45, 7) is 7.40. The molecule has 0 bridgehead atoms. The fraction of sp³-hybridized carbons (Fsp3) is 0.276. The van der Waals surface area contributed by atoms with Crippen LogP contribution in [-0.2, 0) is 4.79 Å². The standard InChI is InChI=1S/C29H29FN4O4/c1-4-15-37-26-17-31-16-22-28(32-29(34(22)26)20-13-14-33(18-20)25(35)5-2)19-9-11-21(12-10-19)38-24-8-6-7-23(36-3)27(24)30/h5-12,16-17,20H,2,4,13-15,18H2,1,3H3/t20-/m1/s1. The van der Waals surface area contributed by atoms with Crippen molar-refractivity contribution in [3.05, 3.63) is 79.2 Å². The van der Waals surface area contributed by atoms with Gasteiger partial charge in [-0.15, -0.1) is 0 Å². The molecule has 0 aliphatic carbocycles. The second-order valence-electron chi connectivity index (χ2n) is 9.01. The van der Waals surface area contributed by atoms with Crippen LogP contribution in [0, 0.1) is 5.82 Å². The van der Waals surface area contributed by atoms with Gasteiger partial charge >= 0.3 is 0 Å². The zero-order valence-electron chi connectivity index (χ0n) is 21.4. The summed E-state index contributed by atoms with van der Waals surface area (Å²) in [6.07, 6.45) is 6.44. The van der Waals surface area contributed by atoms with Gasteiger partial charge in [0, 0.05) is 24.6 Å². The number of amides is 1. The van der Waals surface area contributed by atoms with Crippen molar-refractivity contribution in [1.82, 2.24) is 19.3 Å². The monoisotopic (exact) mass is 516 g/mol. The topological polar surface area (TPSA) is 78.2 Å². The summed E-state index contributed by atoms with van der Waals surface area (Å²) in [6, 6.07) is 12.0. The number of carbonyl (C=O) groups is 1. The third kappa shape index (κ3) is 4.79. The van der Waals surface area contributed by atoms with Gasteiger partial charge in [-0.3, -0.25) is 14.2 Å². The van der Waals surface area contributed by atoms with Crippen molar-refractivity contribution in [3.8, 4) is 34.4 Å². The number of carbonyl (C=O) groups excluding carboxylic acids is 1. The van der Waals surface area contributed by atoms with E-state index in [0.29, 0.717) is 31.3 Å². The second kappa shape index (κ2) is 10.9. The van der Waals surface area contributed by atoms with Crippen LogP contribution in [0.3, 0.4) is 0 Å². The van der Waals surface area contributed by atoms with Gasteiger partial charge in [-0.2, -0.15) is 4.39 Å². The van der Waals surface area contributed by atoms with Gasteiger partial charge in [-0.25, -0.2) is 4.98 Å². The minimum absolute atomic E-state index is 0.0326. The van der Waals surface area contributed by atoms with Crippen LogP contribution >= 0.6 is 0 Å². The Morgan fingerprint density at radius 2 is 1.97 bits per heavy atom. The quantitative estimate of drug-likeness (QED) is 0.269. The van der Waals surface area contributed by atoms with Gasteiger partial charge in [0.25, 0.3) is 0 Å². The highest BCUT2D eigenvalue weighted by Gasteiger charge is 2.31. The Balaban J connectivity index is 1.50. The molecule has 0 radical (unpaired) electrons. The van der Waals surface area contributed by atoms with E-state index in [9.17, 15) is 9.18 Å². The Labute approximate surface area is 220 Å². The van der Waals surface area contributed by atoms with Crippen LogP contribution in [0.15, 0.2) is 67.5 Å². The largest absolute Gasteiger partial charge is 0.494 e. The molecule has 38 heavy (non-hydrogen) atoms. The van der Waals surface area contributed by atoms with Crippen LogP contribution in [0.1, 0.15) is 31.5 Å². The van der Waals surface area contributed by atoms with E-state index in [4.69, 9.17) is 19.2 Å². The molecule has 1 atom stereocenters. The lowest BCUT2D eigenvalue weighted by molar-refractivity contribution is -0.125. The number of aromatic nitrogens is 3. The number of hydrogen-bond donors (Lipinski definition) is 0. The first kappa shape index (κ1) is 25.3. The van der Waals surface area contributed by atoms with Crippen LogP contribution < -0.4 is 14.2 Å². The molecule has 2 aromatic heterocycles. The summed E-state index contributed by atoms with van der Waals surface area (Å²) in [5.74, 6) is 1.49. The lowest BCUT2D eigenvalue weighted by Crippen LogP contribution is -2.26. The summed E-state index contributed by atoms with van der Waals surface area (Å²) in [7, 11) is 1.41. The van der Waals surface area contributed by atoms with Crippen molar-refractivity contribution in [1.29, 1.82) is 0 Å². The molecular weight excluding hydrogens is 487 g/mol. The van der Waals surface area contributed by atoms with Gasteiger partial charge in [-0.05, 0) is 55.3 Å². The molecule has 0 unspecified atom stereocenters. The molecule has 1 aliphatic heterocycles. The van der Waals surface area contributed by atoms with Crippen LogP contribution in [0.4, 0.5) is 4.39 Å². The first-order valence-electron chi connectivity index (χ1n) is 12.5. The van der Waals surface area contributed by atoms with Crippen molar-refractivity contribution in [2.75, 3.05) is 26.8 Å². The zero-order valence-corrected chi connectivity index (χ0v) is 21.4. The molecule has 196 valence electrons. The van der Waals surface area contributed by atoms with Gasteiger partial charge in [0.15, 0.2) is 11.5 Å². The van der Waals surface area contributed by atoms with Gasteiger partial charge in [0.2, 0.25) is 17.6 Å². The lowest BCUT2D eigenvalue weighted by Gasteiger charge is -2.15. The first-order valence-corrected chi connectivity index (χ1v) is 12.5. The Bertz CT molecular complexity index is 1470. The average Bonchev–Trinajstić information content (AvgIpc) is 3.59. The number of methoxy groups -OCH3 is 1. The maximum absolute atomic E-state index is 14.5. The van der Waals surface area contributed by atoms with Gasteiger partial charge in [-0.1, -0.05) is 19.6 Å². The summed E-state index contributed by atoms with van der Waals surface area (Å²) < 4.78 is 33.4. The Morgan fingerprint density at radius 3 is 2.71 bits per heavy atom. The van der Waals surface area contributed by atoms with E-state index < -0.39 is 5.82 Å². The SMILES string of the molecule is C=CC(=O)N1CC[C@@H](c2nc(-c3ccc(Oc4cccc(OC)c4F)cc3)c3cncc(OCCC)n23)C1. The number of benzene rings is 2. The minimum atomic E-state index is -0.560. The third-order valence-corrected chi connectivity index (χ3v) is 6.54. The molecule has 8 nitrogen and oxygen atoms in total. The number of halogens is 1. The van der Waals surface area contributed by atoms with Gasteiger partial charge in [0.05, 0.1) is 37.3 Å². The maximum Gasteiger partial charge on any atom is 0.245 e. The van der Waals surface area contributed by atoms with Crippen molar-refractivity contribution in [3.63, 3.8) is 0 Å². The number of nitrogens with zero attached hydrogens (tertiary/aromatic N) is 4. The van der Waals surface area contributed by atoms with Gasteiger partial charge < -0.3 is 19.1 Å². The number of likely N-dealkylation sites (tertiary alicyclic amines) is 1. The summed E-state index contributed by atoms with van der Waals surface area (Å²) in [5.41, 5.74) is 2.38. The molecule has 0 spiro atoms. The molecule has 1 fully saturated rings. The molecule has 0 N–H and O–H groups in total. The van der Waals surface area contributed by atoms with Crippen molar-refractivity contribution < 1.29 is 23.4 Å². The molecule has 3 heterocycles. The fourth-order valence-corrected chi connectivity index (χ4v) is 4.66. The maximum atomic E-state index is 14.5. The predicted molar refractivity (Wildman–Crippen MR) is 141 cm³/mol.